The van der Waals surface area contributed by atoms with Crippen LogP contribution >= 0.6 is 0 Å². The van der Waals surface area contributed by atoms with Crippen LogP contribution in [0.1, 0.15) is 50.7 Å². The zero-order valence-electron chi connectivity index (χ0n) is 12.5. The molecular weight excluding hydrogens is 244 g/mol. The molecule has 0 aliphatic carbocycles. The van der Waals surface area contributed by atoms with Crippen LogP contribution in [0.3, 0.4) is 0 Å². The molecule has 0 spiro atoms. The zero-order chi connectivity index (χ0) is 14.3. The van der Waals surface area contributed by atoms with Gasteiger partial charge >= 0.3 is 0 Å². The monoisotopic (exact) mass is 264 g/mol. The maximum Gasteiger partial charge on any atom is 0.0965 e. The van der Waals surface area contributed by atoms with Crippen LogP contribution in [-0.2, 0) is 0 Å². The molecule has 0 saturated carbocycles. The van der Waals surface area contributed by atoms with Crippen molar-refractivity contribution < 1.29 is 0 Å². The Labute approximate surface area is 119 Å². The van der Waals surface area contributed by atoms with Crippen LogP contribution in [0.2, 0.25) is 0 Å². The van der Waals surface area contributed by atoms with Gasteiger partial charge in [0.1, 0.15) is 0 Å². The molecule has 0 amide bonds. The number of rotatable bonds is 2. The summed E-state index contributed by atoms with van der Waals surface area (Å²) < 4.78 is 0. The van der Waals surface area contributed by atoms with Crippen LogP contribution in [-0.4, -0.2) is 9.97 Å². The van der Waals surface area contributed by atoms with Crippen LogP contribution in [0.4, 0.5) is 0 Å². The molecule has 2 heterocycles. The smallest absolute Gasteiger partial charge is 0.0965 e. The van der Waals surface area contributed by atoms with Crippen molar-refractivity contribution in [3.63, 3.8) is 0 Å². The largest absolute Gasteiger partial charge is 0.254 e. The fraction of sp³-hybridized carbons (Fsp3) is 0.333. The molecule has 0 fully saturated rings. The van der Waals surface area contributed by atoms with E-state index in [4.69, 9.17) is 0 Å². The number of hydrogen-bond acceptors (Lipinski definition) is 2. The summed E-state index contributed by atoms with van der Waals surface area (Å²) >= 11 is 0. The number of nitrogens with zero attached hydrogens (tertiary/aromatic N) is 2. The molecule has 0 radical (unpaired) electrons. The van der Waals surface area contributed by atoms with Crippen LogP contribution in [0.15, 0.2) is 36.7 Å². The first kappa shape index (κ1) is 13.0. The highest BCUT2D eigenvalue weighted by Crippen LogP contribution is 2.27. The predicted octanol–water partition coefficient (Wildman–Crippen LogP) is 5.03. The van der Waals surface area contributed by atoms with E-state index < -0.39 is 0 Å². The van der Waals surface area contributed by atoms with E-state index in [1.54, 1.807) is 0 Å². The number of aromatic nitrogens is 2. The van der Waals surface area contributed by atoms with Gasteiger partial charge in [-0.15, -0.1) is 0 Å². The average Bonchev–Trinajstić information content (AvgIpc) is 2.45. The zero-order valence-corrected chi connectivity index (χ0v) is 12.5. The first-order valence-corrected chi connectivity index (χ1v) is 7.24. The van der Waals surface area contributed by atoms with Crippen molar-refractivity contribution in [1.82, 2.24) is 9.97 Å². The molecule has 0 bridgehead atoms. The minimum Gasteiger partial charge on any atom is -0.254 e. The summed E-state index contributed by atoms with van der Waals surface area (Å²) in [6.45, 7) is 8.78. The topological polar surface area (TPSA) is 25.8 Å². The van der Waals surface area contributed by atoms with E-state index in [1.807, 2.05) is 12.4 Å². The number of benzene rings is 1. The lowest BCUT2D eigenvalue weighted by atomic mass is 9.99. The molecule has 102 valence electrons. The molecule has 2 heteroatoms. The molecule has 3 rings (SSSR count). The standard InChI is InChI=1S/C18H20N2/c1-11(2)13-5-6-16-15(7-13)10-19-17-8-14(12(3)4)9-20-18(16)17/h5-12H,1-4H3. The minimum absolute atomic E-state index is 0.479. The van der Waals surface area contributed by atoms with Gasteiger partial charge in [0, 0.05) is 23.2 Å². The molecule has 0 unspecified atom stereocenters. The molecule has 3 aromatic rings. The van der Waals surface area contributed by atoms with Gasteiger partial charge in [0.25, 0.3) is 0 Å². The summed E-state index contributed by atoms with van der Waals surface area (Å²) in [7, 11) is 0. The van der Waals surface area contributed by atoms with E-state index in [2.05, 4.69) is 61.9 Å². The number of fused-ring (bicyclic) bond motifs is 3. The maximum atomic E-state index is 4.64. The number of pyridine rings is 2. The van der Waals surface area contributed by atoms with E-state index in [9.17, 15) is 0 Å². The fourth-order valence-corrected chi connectivity index (χ4v) is 2.49. The van der Waals surface area contributed by atoms with Crippen molar-refractivity contribution in [3.05, 3.63) is 47.8 Å². The molecule has 2 nitrogen and oxygen atoms in total. The fourth-order valence-electron chi connectivity index (χ4n) is 2.49. The lowest BCUT2D eigenvalue weighted by Crippen LogP contribution is -1.93. The Kier molecular flexibility index (Phi) is 3.17. The minimum atomic E-state index is 0.479. The summed E-state index contributed by atoms with van der Waals surface area (Å²) in [4.78, 5) is 9.23. The van der Waals surface area contributed by atoms with Crippen molar-refractivity contribution in [1.29, 1.82) is 0 Å². The second-order valence-electron chi connectivity index (χ2n) is 6.05. The van der Waals surface area contributed by atoms with Gasteiger partial charge in [0.05, 0.1) is 11.0 Å². The van der Waals surface area contributed by atoms with Crippen molar-refractivity contribution >= 4 is 21.8 Å². The third-order valence-corrected chi connectivity index (χ3v) is 3.90. The van der Waals surface area contributed by atoms with Gasteiger partial charge in [0.15, 0.2) is 0 Å². The second kappa shape index (κ2) is 4.86. The van der Waals surface area contributed by atoms with Crippen LogP contribution < -0.4 is 0 Å². The summed E-state index contributed by atoms with van der Waals surface area (Å²) in [6.07, 6.45) is 3.94. The SMILES string of the molecule is CC(C)c1ccc2c(cnc3cc(C(C)C)cnc32)c1. The molecule has 0 atom stereocenters. The summed E-state index contributed by atoms with van der Waals surface area (Å²) in [5.74, 6) is 1.01. The van der Waals surface area contributed by atoms with Gasteiger partial charge in [-0.05, 0) is 35.1 Å². The Morgan fingerprint density at radius 2 is 1.55 bits per heavy atom. The molecule has 2 aromatic heterocycles. The first-order valence-electron chi connectivity index (χ1n) is 7.24. The molecule has 20 heavy (non-hydrogen) atoms. The van der Waals surface area contributed by atoms with Gasteiger partial charge in [-0.3, -0.25) is 9.97 Å². The Morgan fingerprint density at radius 1 is 0.800 bits per heavy atom. The third-order valence-electron chi connectivity index (χ3n) is 3.90. The van der Waals surface area contributed by atoms with E-state index >= 15 is 0 Å². The Morgan fingerprint density at radius 3 is 2.25 bits per heavy atom. The van der Waals surface area contributed by atoms with Gasteiger partial charge in [-0.2, -0.15) is 0 Å². The molecule has 1 aromatic carbocycles. The summed E-state index contributed by atoms with van der Waals surface area (Å²) in [5.41, 5.74) is 4.57. The highest BCUT2D eigenvalue weighted by atomic mass is 14.7. The van der Waals surface area contributed by atoms with E-state index in [0.717, 1.165) is 11.0 Å². The highest BCUT2D eigenvalue weighted by Gasteiger charge is 2.08. The third kappa shape index (κ3) is 2.15. The van der Waals surface area contributed by atoms with Crippen molar-refractivity contribution in [2.24, 2.45) is 0 Å². The molecule has 0 saturated heterocycles. The molecule has 0 aliphatic heterocycles. The second-order valence-corrected chi connectivity index (χ2v) is 6.05. The van der Waals surface area contributed by atoms with Crippen molar-refractivity contribution in [3.8, 4) is 0 Å². The lowest BCUT2D eigenvalue weighted by molar-refractivity contribution is 0.861. The van der Waals surface area contributed by atoms with Crippen molar-refractivity contribution in [2.45, 2.75) is 39.5 Å². The van der Waals surface area contributed by atoms with Crippen LogP contribution in [0.5, 0.6) is 0 Å². The molecule has 0 aliphatic rings. The highest BCUT2D eigenvalue weighted by molar-refractivity contribution is 6.03. The van der Waals surface area contributed by atoms with Gasteiger partial charge in [-0.25, -0.2) is 0 Å². The summed E-state index contributed by atoms with van der Waals surface area (Å²) in [6, 6.07) is 8.76. The van der Waals surface area contributed by atoms with Crippen molar-refractivity contribution in [2.75, 3.05) is 0 Å². The van der Waals surface area contributed by atoms with Gasteiger partial charge in [-0.1, -0.05) is 39.8 Å². The van der Waals surface area contributed by atoms with Crippen LogP contribution in [0.25, 0.3) is 21.8 Å². The Balaban J connectivity index is 2.25. The average molecular weight is 264 g/mol. The first-order chi connectivity index (χ1) is 9.56. The van der Waals surface area contributed by atoms with E-state index in [1.165, 1.54) is 21.9 Å². The summed E-state index contributed by atoms with van der Waals surface area (Å²) in [5, 5.41) is 2.36. The normalized spacial score (nSPS) is 11.9. The Hall–Kier alpha value is -1.96. The molecular formula is C18H20N2. The van der Waals surface area contributed by atoms with Crippen LogP contribution in [0, 0.1) is 0 Å². The lowest BCUT2D eigenvalue weighted by Gasteiger charge is -2.10. The Bertz CT molecular complexity index is 706. The van der Waals surface area contributed by atoms with E-state index in [0.29, 0.717) is 11.8 Å². The predicted molar refractivity (Wildman–Crippen MR) is 85.2 cm³/mol. The quantitative estimate of drug-likeness (QED) is 0.607. The van der Waals surface area contributed by atoms with Gasteiger partial charge in [0.2, 0.25) is 0 Å². The molecule has 0 N–H and O–H groups in total. The van der Waals surface area contributed by atoms with Gasteiger partial charge < -0.3 is 0 Å². The van der Waals surface area contributed by atoms with E-state index in [-0.39, 0.29) is 0 Å². The maximum absolute atomic E-state index is 4.64. The number of hydrogen-bond donors (Lipinski definition) is 0.